The number of nitrogens with one attached hydrogen (secondary N) is 2. The highest BCUT2D eigenvalue weighted by molar-refractivity contribution is 9.10. The zero-order valence-corrected chi connectivity index (χ0v) is 14.4. The quantitative estimate of drug-likeness (QED) is 0.853. The van der Waals surface area contributed by atoms with E-state index in [0.29, 0.717) is 5.25 Å². The molecule has 1 fully saturated rings. The van der Waals surface area contributed by atoms with Gasteiger partial charge in [0.25, 0.3) is 0 Å². The Labute approximate surface area is 137 Å². The van der Waals surface area contributed by atoms with Crippen LogP contribution >= 0.6 is 27.7 Å². The lowest BCUT2D eigenvalue weighted by molar-refractivity contribution is -0.117. The number of benzene rings is 1. The summed E-state index contributed by atoms with van der Waals surface area (Å²) in [7, 11) is 0. The lowest BCUT2D eigenvalue weighted by atomic mass is 10.1. The fraction of sp³-hybridized carbons (Fsp3) is 0.533. The third-order valence-corrected chi connectivity index (χ3v) is 6.12. The van der Waals surface area contributed by atoms with Crippen LogP contribution in [-0.4, -0.2) is 30.9 Å². The minimum Gasteiger partial charge on any atom is -0.381 e. The lowest BCUT2D eigenvalue weighted by Gasteiger charge is -2.22. The van der Waals surface area contributed by atoms with Crippen LogP contribution in [0.25, 0.3) is 0 Å². The van der Waals surface area contributed by atoms with Crippen LogP contribution in [-0.2, 0) is 9.53 Å². The van der Waals surface area contributed by atoms with E-state index in [0.717, 1.165) is 48.3 Å². The van der Waals surface area contributed by atoms with Crippen LogP contribution in [0.2, 0.25) is 0 Å². The number of hydrogen-bond donors (Lipinski definition) is 2. The predicted molar refractivity (Wildman–Crippen MR) is 88.9 cm³/mol. The monoisotopic (exact) mass is 370 g/mol. The molecule has 0 aliphatic carbocycles. The minimum atomic E-state index is -0.233. The summed E-state index contributed by atoms with van der Waals surface area (Å²) in [5.41, 5.74) is 1.97. The van der Waals surface area contributed by atoms with Gasteiger partial charge in [-0.3, -0.25) is 4.79 Å². The van der Waals surface area contributed by atoms with Crippen molar-refractivity contribution in [1.82, 2.24) is 5.32 Å². The van der Waals surface area contributed by atoms with Crippen LogP contribution in [0, 0.1) is 0 Å². The fourth-order valence-electron chi connectivity index (χ4n) is 2.73. The van der Waals surface area contributed by atoms with Gasteiger partial charge in [-0.1, -0.05) is 6.92 Å². The molecule has 1 amide bonds. The van der Waals surface area contributed by atoms with Gasteiger partial charge in [-0.15, -0.1) is 11.8 Å². The second kappa shape index (κ2) is 6.69. The maximum absolute atomic E-state index is 12.0. The Kier molecular flexibility index (Phi) is 4.88. The Hall–Kier alpha value is -0.560. The van der Waals surface area contributed by atoms with E-state index >= 15 is 0 Å². The van der Waals surface area contributed by atoms with Crippen molar-refractivity contribution in [2.75, 3.05) is 25.1 Å². The second-order valence-electron chi connectivity index (χ2n) is 5.28. The van der Waals surface area contributed by atoms with Gasteiger partial charge in [0.2, 0.25) is 5.91 Å². The first kappa shape index (κ1) is 15.3. The molecule has 0 bridgehead atoms. The Morgan fingerprint density at radius 3 is 2.90 bits per heavy atom. The zero-order valence-electron chi connectivity index (χ0n) is 11.9. The van der Waals surface area contributed by atoms with Crippen molar-refractivity contribution in [3.05, 3.63) is 22.2 Å². The molecule has 1 atom stereocenters. The minimum absolute atomic E-state index is 0.0342. The van der Waals surface area contributed by atoms with Gasteiger partial charge >= 0.3 is 0 Å². The molecule has 2 heterocycles. The van der Waals surface area contributed by atoms with Gasteiger partial charge in [0.05, 0.1) is 0 Å². The molecular weight excluding hydrogens is 352 g/mol. The summed E-state index contributed by atoms with van der Waals surface area (Å²) < 4.78 is 6.47. The Balaban J connectivity index is 1.81. The SMILES string of the molecule is CCNC1C(=O)Nc2cc(SC3CCOCC3)c(Br)cc21. The number of ether oxygens (including phenoxy) is 1. The van der Waals surface area contributed by atoms with E-state index in [4.69, 9.17) is 4.74 Å². The first-order valence-electron chi connectivity index (χ1n) is 7.31. The standard InChI is InChI=1S/C15H19BrN2O2S/c1-2-17-14-10-7-11(16)13(8-12(10)18-15(14)19)21-9-3-5-20-6-4-9/h7-9,14,17H,2-6H2,1H3,(H,18,19). The molecule has 0 saturated carbocycles. The van der Waals surface area contributed by atoms with E-state index in [1.807, 2.05) is 18.7 Å². The van der Waals surface area contributed by atoms with E-state index in [1.165, 1.54) is 4.90 Å². The highest BCUT2D eigenvalue weighted by Gasteiger charge is 2.31. The number of hydrogen-bond acceptors (Lipinski definition) is 4. The third-order valence-electron chi connectivity index (χ3n) is 3.81. The van der Waals surface area contributed by atoms with E-state index in [-0.39, 0.29) is 11.9 Å². The molecular formula is C15H19BrN2O2S. The molecule has 1 aromatic carbocycles. The number of likely N-dealkylation sites (N-methyl/N-ethyl adjacent to an activating group) is 1. The van der Waals surface area contributed by atoms with E-state index in [1.54, 1.807) is 0 Å². The van der Waals surface area contributed by atoms with Crippen LogP contribution in [0.5, 0.6) is 0 Å². The van der Waals surface area contributed by atoms with Crippen molar-refractivity contribution in [3.8, 4) is 0 Å². The number of carbonyl (C=O) groups is 1. The van der Waals surface area contributed by atoms with Crippen LogP contribution in [0.1, 0.15) is 31.4 Å². The van der Waals surface area contributed by atoms with Gasteiger partial charge in [-0.05, 0) is 47.4 Å². The normalized spacial score (nSPS) is 22.2. The molecule has 0 radical (unpaired) electrons. The largest absolute Gasteiger partial charge is 0.381 e. The van der Waals surface area contributed by atoms with Crippen molar-refractivity contribution in [2.24, 2.45) is 0 Å². The van der Waals surface area contributed by atoms with Crippen molar-refractivity contribution < 1.29 is 9.53 Å². The summed E-state index contributed by atoms with van der Waals surface area (Å²) >= 11 is 5.53. The highest BCUT2D eigenvalue weighted by Crippen LogP contribution is 2.41. The average molecular weight is 371 g/mol. The molecule has 3 rings (SSSR count). The Morgan fingerprint density at radius 1 is 1.43 bits per heavy atom. The predicted octanol–water partition coefficient (Wildman–Crippen LogP) is 3.32. The van der Waals surface area contributed by atoms with Gasteiger partial charge in [0.15, 0.2) is 0 Å². The topological polar surface area (TPSA) is 50.4 Å². The summed E-state index contributed by atoms with van der Waals surface area (Å²) in [5, 5.41) is 6.79. The van der Waals surface area contributed by atoms with Crippen LogP contribution in [0.3, 0.4) is 0 Å². The summed E-state index contributed by atoms with van der Waals surface area (Å²) in [6.45, 7) is 4.47. The molecule has 114 valence electrons. The first-order valence-corrected chi connectivity index (χ1v) is 8.98. The number of fused-ring (bicyclic) bond motifs is 1. The number of anilines is 1. The summed E-state index contributed by atoms with van der Waals surface area (Å²) in [6.07, 6.45) is 2.17. The Morgan fingerprint density at radius 2 is 2.19 bits per heavy atom. The maximum Gasteiger partial charge on any atom is 0.246 e. The van der Waals surface area contributed by atoms with E-state index < -0.39 is 0 Å². The molecule has 21 heavy (non-hydrogen) atoms. The van der Waals surface area contributed by atoms with Crippen molar-refractivity contribution in [2.45, 2.75) is 36.0 Å². The zero-order chi connectivity index (χ0) is 14.8. The molecule has 2 aliphatic heterocycles. The van der Waals surface area contributed by atoms with Crippen molar-refractivity contribution in [3.63, 3.8) is 0 Å². The fourth-order valence-corrected chi connectivity index (χ4v) is 4.52. The number of rotatable bonds is 4. The van der Waals surface area contributed by atoms with Gasteiger partial charge in [0.1, 0.15) is 6.04 Å². The van der Waals surface area contributed by atoms with Crippen LogP contribution in [0.15, 0.2) is 21.5 Å². The number of amides is 1. The molecule has 4 nitrogen and oxygen atoms in total. The van der Waals surface area contributed by atoms with Crippen LogP contribution in [0.4, 0.5) is 5.69 Å². The van der Waals surface area contributed by atoms with E-state index in [2.05, 4.69) is 38.7 Å². The highest BCUT2D eigenvalue weighted by atomic mass is 79.9. The van der Waals surface area contributed by atoms with Crippen molar-refractivity contribution in [1.29, 1.82) is 0 Å². The molecule has 2 N–H and O–H groups in total. The number of halogens is 1. The summed E-state index contributed by atoms with van der Waals surface area (Å²) in [6, 6.07) is 3.93. The smallest absolute Gasteiger partial charge is 0.246 e. The van der Waals surface area contributed by atoms with Crippen LogP contribution < -0.4 is 10.6 Å². The number of carbonyl (C=O) groups excluding carboxylic acids is 1. The molecule has 0 aromatic heterocycles. The lowest BCUT2D eigenvalue weighted by Crippen LogP contribution is -2.27. The van der Waals surface area contributed by atoms with Gasteiger partial charge < -0.3 is 15.4 Å². The van der Waals surface area contributed by atoms with Gasteiger partial charge in [-0.25, -0.2) is 0 Å². The molecule has 0 spiro atoms. The third kappa shape index (κ3) is 3.28. The van der Waals surface area contributed by atoms with Gasteiger partial charge in [0, 0.05) is 39.1 Å². The molecule has 1 unspecified atom stereocenters. The maximum atomic E-state index is 12.0. The van der Waals surface area contributed by atoms with Crippen molar-refractivity contribution >= 4 is 39.3 Å². The Bertz CT molecular complexity index is 547. The molecule has 6 heteroatoms. The average Bonchev–Trinajstić information content (AvgIpc) is 2.77. The summed E-state index contributed by atoms with van der Waals surface area (Å²) in [5.74, 6) is 0.0342. The second-order valence-corrected chi connectivity index (χ2v) is 7.48. The first-order chi connectivity index (χ1) is 10.2. The molecule has 1 saturated heterocycles. The molecule has 2 aliphatic rings. The van der Waals surface area contributed by atoms with E-state index in [9.17, 15) is 4.79 Å². The van der Waals surface area contributed by atoms with Gasteiger partial charge in [-0.2, -0.15) is 0 Å². The number of thioether (sulfide) groups is 1. The molecule has 1 aromatic rings. The summed E-state index contributed by atoms with van der Waals surface area (Å²) in [4.78, 5) is 13.2.